The van der Waals surface area contributed by atoms with E-state index in [4.69, 9.17) is 19.4 Å². The summed E-state index contributed by atoms with van der Waals surface area (Å²) in [7, 11) is 8.13. The van der Waals surface area contributed by atoms with Crippen LogP contribution in [-0.4, -0.2) is 47.3 Å². The Kier molecular flexibility index (Phi) is 10.9. The number of ether oxygens (including phenoxy) is 2. The monoisotopic (exact) mass is 1300 g/mol. The smallest absolute Gasteiger partial charge is 0.502 e. The molecule has 0 aliphatic carbocycles. The van der Waals surface area contributed by atoms with Crippen LogP contribution in [-0.2, 0) is 70.3 Å². The molecular formula is C58H38N10O2Pt2. The number of para-hydroxylation sites is 2. The minimum Gasteiger partial charge on any atom is -0.502 e. The maximum Gasteiger partial charge on any atom is 2.00 e. The zero-order valence-electron chi connectivity index (χ0n) is 38.9. The second kappa shape index (κ2) is 17.4. The molecule has 14 aromatic rings. The Bertz CT molecular complexity index is 4140. The van der Waals surface area contributed by atoms with Gasteiger partial charge in [-0.05, 0) is 69.0 Å². The van der Waals surface area contributed by atoms with E-state index < -0.39 is 0 Å². The van der Waals surface area contributed by atoms with Crippen molar-refractivity contribution in [2.75, 3.05) is 0 Å². The third-order valence-electron chi connectivity index (χ3n) is 13.5. The second-order valence-corrected chi connectivity index (χ2v) is 17.5. The molecule has 0 radical (unpaired) electrons. The molecule has 8 heterocycles. The van der Waals surface area contributed by atoms with Gasteiger partial charge in [0.1, 0.15) is 11.6 Å². The largest absolute Gasteiger partial charge is 2.00 e. The van der Waals surface area contributed by atoms with Gasteiger partial charge in [-0.25, -0.2) is 9.97 Å². The first-order valence-corrected chi connectivity index (χ1v) is 22.9. The summed E-state index contributed by atoms with van der Waals surface area (Å²) in [4.78, 5) is 19.2. The number of rotatable bonds is 8. The standard InChI is InChI=1S/C58H38N10O2.2Pt/c1-63-27-25-61-57(63)35-29-47-53(39-13-5-7-15-43(39)65(47)3)49(31-35)69-37-19-21-41-45(33-37)67(51-17-9-11-23-59-51)56-42-22-20-38(34-46(42)68(55(41)56)52-18-10-12-24-60-52)70-50-32-36(58-62-26-28-64(58)2)30-48-54(50)40-14-6-8-16-44(40)66(48)4;;/h5-30H,1-4H3;;/q-4;2*+2. The zero-order valence-corrected chi connectivity index (χ0v) is 43.5. The predicted molar refractivity (Wildman–Crippen MR) is 274 cm³/mol. The zero-order chi connectivity index (χ0) is 46.8. The molecule has 0 saturated carbocycles. The van der Waals surface area contributed by atoms with Crippen LogP contribution in [0.3, 0.4) is 0 Å². The molecule has 0 unspecified atom stereocenters. The maximum atomic E-state index is 6.99. The second-order valence-electron chi connectivity index (χ2n) is 17.5. The number of fused-ring (bicyclic) bond motifs is 11. The van der Waals surface area contributed by atoms with Crippen LogP contribution in [0, 0.1) is 24.3 Å². The van der Waals surface area contributed by atoms with E-state index in [0.29, 0.717) is 23.0 Å². The van der Waals surface area contributed by atoms with Crippen molar-refractivity contribution in [1.82, 2.24) is 47.3 Å². The normalized spacial score (nSPS) is 11.7. The van der Waals surface area contributed by atoms with Crippen LogP contribution in [0.4, 0.5) is 0 Å². The molecule has 6 aromatic carbocycles. The van der Waals surface area contributed by atoms with Gasteiger partial charge >= 0.3 is 42.1 Å². The predicted octanol–water partition coefficient (Wildman–Crippen LogP) is 12.4. The summed E-state index contributed by atoms with van der Waals surface area (Å²) in [6, 6.07) is 55.6. The van der Waals surface area contributed by atoms with Crippen molar-refractivity contribution in [3.8, 4) is 57.4 Å². The molecule has 72 heavy (non-hydrogen) atoms. The number of pyridine rings is 2. The summed E-state index contributed by atoms with van der Waals surface area (Å²) < 4.78 is 26.7. The quantitative estimate of drug-likeness (QED) is 0.141. The molecule has 12 nitrogen and oxygen atoms in total. The van der Waals surface area contributed by atoms with Crippen LogP contribution in [0.25, 0.3) is 111 Å². The summed E-state index contributed by atoms with van der Waals surface area (Å²) in [6.07, 6.45) is 11.1. The van der Waals surface area contributed by atoms with E-state index in [0.717, 1.165) is 111 Å². The molecule has 0 aliphatic rings. The van der Waals surface area contributed by atoms with Gasteiger partial charge in [0, 0.05) is 98.9 Å². The number of benzene rings is 6. The molecule has 0 N–H and O–H groups in total. The van der Waals surface area contributed by atoms with E-state index in [1.807, 2.05) is 96.5 Å². The van der Waals surface area contributed by atoms with Crippen molar-refractivity contribution < 1.29 is 51.6 Å². The van der Waals surface area contributed by atoms with Crippen molar-refractivity contribution >= 4 is 76.5 Å². The molecular weight excluding hydrogens is 1260 g/mol. The van der Waals surface area contributed by atoms with Gasteiger partial charge < -0.3 is 36.9 Å². The molecule has 0 spiro atoms. The van der Waals surface area contributed by atoms with Gasteiger partial charge in [-0.3, -0.25) is 9.97 Å². The molecule has 0 atom stereocenters. The van der Waals surface area contributed by atoms with Gasteiger partial charge in [0.25, 0.3) is 0 Å². The first-order valence-electron chi connectivity index (χ1n) is 22.9. The van der Waals surface area contributed by atoms with Crippen molar-refractivity contribution in [1.29, 1.82) is 0 Å². The third-order valence-corrected chi connectivity index (χ3v) is 13.5. The van der Waals surface area contributed by atoms with E-state index in [1.165, 1.54) is 0 Å². The summed E-state index contributed by atoms with van der Waals surface area (Å²) in [5.74, 6) is 5.21. The fourth-order valence-electron chi connectivity index (χ4n) is 10.4. The molecule has 8 aromatic heterocycles. The number of imidazole rings is 2. The average Bonchev–Trinajstić information content (AvgIpc) is 4.25. The van der Waals surface area contributed by atoms with Gasteiger partial charge in [0.2, 0.25) is 0 Å². The average molecular weight is 1300 g/mol. The van der Waals surface area contributed by atoms with Crippen molar-refractivity contribution in [3.05, 3.63) is 183 Å². The Morgan fingerprint density at radius 3 is 1.25 bits per heavy atom. The minimum absolute atomic E-state index is 0. The van der Waals surface area contributed by atoms with Crippen LogP contribution in [0.2, 0.25) is 0 Å². The Morgan fingerprint density at radius 2 is 0.847 bits per heavy atom. The molecule has 0 fully saturated rings. The SMILES string of the molecule is Cn1ccnc1-c1[c-]c(Oc2[c-]c3c(cc2)c2c(c4ccc(Oc5[c-]c(-c6nccn6C)cc6c5c5ccccc5n6C)[c-]c4n2-c2ccccn2)n3-c2ccccn2)c2c3ccccc3n(C)c2c1.[Pt+2].[Pt+2]. The minimum atomic E-state index is 0. The van der Waals surface area contributed by atoms with Crippen LogP contribution >= 0.6 is 0 Å². The molecule has 0 bridgehead atoms. The Hall–Kier alpha value is -8.04. The van der Waals surface area contributed by atoms with Gasteiger partial charge in [-0.2, -0.15) is 12.1 Å². The first-order chi connectivity index (χ1) is 34.4. The van der Waals surface area contributed by atoms with Gasteiger partial charge in [0.15, 0.2) is 0 Å². The summed E-state index contributed by atoms with van der Waals surface area (Å²) in [5.41, 5.74) is 9.20. The van der Waals surface area contributed by atoms with Gasteiger partial charge in [0.05, 0.1) is 23.1 Å². The van der Waals surface area contributed by atoms with E-state index in [9.17, 15) is 0 Å². The van der Waals surface area contributed by atoms with Crippen molar-refractivity contribution in [2.24, 2.45) is 28.2 Å². The van der Waals surface area contributed by atoms with Crippen LogP contribution in [0.15, 0.2) is 159 Å². The molecule has 14 rings (SSSR count). The molecule has 14 heteroatoms. The van der Waals surface area contributed by atoms with Crippen molar-refractivity contribution in [2.45, 2.75) is 0 Å². The van der Waals surface area contributed by atoms with Crippen LogP contribution in [0.1, 0.15) is 0 Å². The summed E-state index contributed by atoms with van der Waals surface area (Å²) >= 11 is 0. The van der Waals surface area contributed by atoms with Crippen molar-refractivity contribution in [3.63, 3.8) is 0 Å². The number of nitrogens with zero attached hydrogens (tertiary/aromatic N) is 10. The summed E-state index contributed by atoms with van der Waals surface area (Å²) in [6.45, 7) is 0. The van der Waals surface area contributed by atoms with E-state index in [-0.39, 0.29) is 42.1 Å². The number of hydrogen-bond donors (Lipinski definition) is 0. The maximum absolute atomic E-state index is 6.99. The van der Waals surface area contributed by atoms with Crippen LogP contribution in [0.5, 0.6) is 23.0 Å². The molecule has 0 amide bonds. The topological polar surface area (TPSA) is 99.6 Å². The summed E-state index contributed by atoms with van der Waals surface area (Å²) in [5, 5.41) is 5.88. The Labute approximate surface area is 440 Å². The van der Waals surface area contributed by atoms with Gasteiger partial charge in [-0.1, -0.05) is 82.5 Å². The number of hydrogen-bond acceptors (Lipinski definition) is 6. The number of aryl methyl sites for hydroxylation is 4. The van der Waals surface area contributed by atoms with E-state index in [2.05, 4.69) is 139 Å². The molecule has 352 valence electrons. The van der Waals surface area contributed by atoms with E-state index >= 15 is 0 Å². The van der Waals surface area contributed by atoms with Gasteiger partial charge in [-0.15, -0.1) is 47.5 Å². The Morgan fingerprint density at radius 1 is 0.417 bits per heavy atom. The van der Waals surface area contributed by atoms with Crippen LogP contribution < -0.4 is 9.47 Å². The molecule has 0 saturated heterocycles. The van der Waals surface area contributed by atoms with E-state index in [1.54, 1.807) is 12.4 Å². The fraction of sp³-hybridized carbons (Fsp3) is 0.0690. The molecule has 0 aliphatic heterocycles. The number of aromatic nitrogens is 10. The first kappa shape index (κ1) is 45.1. The third kappa shape index (κ3) is 6.80. The fourth-order valence-corrected chi connectivity index (χ4v) is 10.4. The Balaban J connectivity index is 0.00000265.